The number of carbonyl (C=O) groups is 1. The highest BCUT2D eigenvalue weighted by molar-refractivity contribution is 7.10. The summed E-state index contributed by atoms with van der Waals surface area (Å²) in [5.41, 5.74) is -0.202. The Kier molecular flexibility index (Phi) is 3.37. The first-order valence-corrected chi connectivity index (χ1v) is 7.16. The fourth-order valence-corrected chi connectivity index (χ4v) is 3.40. The third-order valence-corrected chi connectivity index (χ3v) is 4.57. The minimum atomic E-state index is -0.202. The van der Waals surface area contributed by atoms with Gasteiger partial charge in [0.15, 0.2) is 0 Å². The molecule has 0 aliphatic carbocycles. The van der Waals surface area contributed by atoms with Gasteiger partial charge in [0.05, 0.1) is 31.8 Å². The summed E-state index contributed by atoms with van der Waals surface area (Å²) in [7, 11) is 0. The van der Waals surface area contributed by atoms with Crippen LogP contribution in [0.1, 0.15) is 11.3 Å². The average Bonchev–Trinajstić information content (AvgIpc) is 3.02. The standard InChI is InChI=1S/C13H17NO3S/c15-12(8-11-2-1-7-18-11)14-4-6-17-10-13(14)3-5-16-9-13/h1-2,7H,3-6,8-10H2. The van der Waals surface area contributed by atoms with Crippen LogP contribution in [0.5, 0.6) is 0 Å². The van der Waals surface area contributed by atoms with Crippen LogP contribution in [0.2, 0.25) is 0 Å². The SMILES string of the molecule is O=C(Cc1cccs1)N1CCOCC12CCOC2. The van der Waals surface area contributed by atoms with Crippen LogP contribution in [0.4, 0.5) is 0 Å². The second-order valence-electron chi connectivity index (χ2n) is 4.88. The second kappa shape index (κ2) is 4.99. The van der Waals surface area contributed by atoms with Gasteiger partial charge in [-0.3, -0.25) is 4.79 Å². The van der Waals surface area contributed by atoms with Crippen molar-refractivity contribution in [3.63, 3.8) is 0 Å². The summed E-state index contributed by atoms with van der Waals surface area (Å²) >= 11 is 1.64. The van der Waals surface area contributed by atoms with Crippen molar-refractivity contribution < 1.29 is 14.3 Å². The van der Waals surface area contributed by atoms with E-state index in [1.807, 2.05) is 22.4 Å². The van der Waals surface area contributed by atoms with Crippen molar-refractivity contribution in [3.05, 3.63) is 22.4 Å². The first kappa shape index (κ1) is 12.1. The van der Waals surface area contributed by atoms with Gasteiger partial charge in [-0.05, 0) is 17.9 Å². The Morgan fingerprint density at radius 3 is 2.94 bits per heavy atom. The molecule has 0 radical (unpaired) electrons. The Morgan fingerprint density at radius 1 is 1.39 bits per heavy atom. The molecule has 0 aromatic carbocycles. The lowest BCUT2D eigenvalue weighted by molar-refractivity contribution is -0.148. The van der Waals surface area contributed by atoms with Crippen LogP contribution >= 0.6 is 11.3 Å². The van der Waals surface area contributed by atoms with E-state index in [2.05, 4.69) is 0 Å². The lowest BCUT2D eigenvalue weighted by Crippen LogP contribution is -2.60. The van der Waals surface area contributed by atoms with Crippen LogP contribution in [-0.2, 0) is 20.7 Å². The van der Waals surface area contributed by atoms with E-state index in [4.69, 9.17) is 9.47 Å². The molecular weight excluding hydrogens is 250 g/mol. The molecular formula is C13H17NO3S. The number of hydrogen-bond donors (Lipinski definition) is 0. The number of nitrogens with zero attached hydrogens (tertiary/aromatic N) is 1. The van der Waals surface area contributed by atoms with Crippen molar-refractivity contribution in [1.82, 2.24) is 4.90 Å². The molecule has 3 rings (SSSR count). The van der Waals surface area contributed by atoms with Gasteiger partial charge in [-0.15, -0.1) is 11.3 Å². The molecule has 3 heterocycles. The molecule has 1 atom stereocenters. The molecule has 2 aliphatic heterocycles. The van der Waals surface area contributed by atoms with E-state index in [9.17, 15) is 4.79 Å². The van der Waals surface area contributed by atoms with Crippen molar-refractivity contribution in [2.45, 2.75) is 18.4 Å². The predicted octanol–water partition coefficient (Wildman–Crippen LogP) is 1.31. The molecule has 0 saturated carbocycles. The van der Waals surface area contributed by atoms with Gasteiger partial charge in [0, 0.05) is 18.0 Å². The highest BCUT2D eigenvalue weighted by atomic mass is 32.1. The molecule has 4 nitrogen and oxygen atoms in total. The molecule has 0 bridgehead atoms. The van der Waals surface area contributed by atoms with Gasteiger partial charge in [0.2, 0.25) is 5.91 Å². The first-order valence-electron chi connectivity index (χ1n) is 6.29. The predicted molar refractivity (Wildman–Crippen MR) is 68.7 cm³/mol. The van der Waals surface area contributed by atoms with E-state index >= 15 is 0 Å². The summed E-state index contributed by atoms with van der Waals surface area (Å²) in [5.74, 6) is 0.200. The Balaban J connectivity index is 1.74. The molecule has 2 aliphatic rings. The fourth-order valence-electron chi connectivity index (χ4n) is 2.70. The number of morpholine rings is 1. The molecule has 0 N–H and O–H groups in total. The molecule has 1 aromatic heterocycles. The van der Waals surface area contributed by atoms with E-state index in [1.54, 1.807) is 11.3 Å². The van der Waals surface area contributed by atoms with Gasteiger partial charge in [-0.2, -0.15) is 0 Å². The third kappa shape index (κ3) is 2.18. The maximum atomic E-state index is 12.4. The van der Waals surface area contributed by atoms with E-state index < -0.39 is 0 Å². The average molecular weight is 267 g/mol. The summed E-state index contributed by atoms with van der Waals surface area (Å²) in [5, 5.41) is 2.01. The maximum Gasteiger partial charge on any atom is 0.228 e. The molecule has 1 amide bonds. The smallest absolute Gasteiger partial charge is 0.228 e. The number of ether oxygens (including phenoxy) is 2. The third-order valence-electron chi connectivity index (χ3n) is 3.69. The Labute approximate surface area is 110 Å². The van der Waals surface area contributed by atoms with Gasteiger partial charge in [-0.1, -0.05) is 6.07 Å². The molecule has 1 unspecified atom stereocenters. The Bertz CT molecular complexity index is 412. The lowest BCUT2D eigenvalue weighted by Gasteiger charge is -2.43. The van der Waals surface area contributed by atoms with E-state index in [0.717, 1.165) is 17.9 Å². The Hall–Kier alpha value is -0.910. The summed E-state index contributed by atoms with van der Waals surface area (Å²) in [6, 6.07) is 4.00. The normalized spacial score (nSPS) is 27.9. The molecule has 1 aromatic rings. The van der Waals surface area contributed by atoms with Crippen LogP contribution in [-0.4, -0.2) is 49.3 Å². The van der Waals surface area contributed by atoms with Crippen molar-refractivity contribution in [1.29, 1.82) is 0 Å². The van der Waals surface area contributed by atoms with Crippen molar-refractivity contribution >= 4 is 17.2 Å². The first-order chi connectivity index (χ1) is 8.80. The zero-order valence-corrected chi connectivity index (χ0v) is 11.1. The minimum Gasteiger partial charge on any atom is -0.379 e. The molecule has 2 fully saturated rings. The molecule has 1 spiro atoms. The summed E-state index contributed by atoms with van der Waals surface area (Å²) in [6.45, 7) is 3.28. The van der Waals surface area contributed by atoms with Crippen molar-refractivity contribution in [2.24, 2.45) is 0 Å². The van der Waals surface area contributed by atoms with Crippen LogP contribution < -0.4 is 0 Å². The van der Waals surface area contributed by atoms with Gasteiger partial charge in [-0.25, -0.2) is 0 Å². The topological polar surface area (TPSA) is 38.8 Å². The second-order valence-corrected chi connectivity index (χ2v) is 5.91. The van der Waals surface area contributed by atoms with E-state index in [0.29, 0.717) is 32.8 Å². The number of rotatable bonds is 2. The highest BCUT2D eigenvalue weighted by Crippen LogP contribution is 2.30. The molecule has 18 heavy (non-hydrogen) atoms. The number of amides is 1. The van der Waals surface area contributed by atoms with Crippen LogP contribution in [0.15, 0.2) is 17.5 Å². The summed E-state index contributed by atoms with van der Waals surface area (Å²) < 4.78 is 11.0. The lowest BCUT2D eigenvalue weighted by atomic mass is 9.95. The van der Waals surface area contributed by atoms with Gasteiger partial charge < -0.3 is 14.4 Å². The fraction of sp³-hybridized carbons (Fsp3) is 0.615. The highest BCUT2D eigenvalue weighted by Gasteiger charge is 2.45. The monoisotopic (exact) mass is 267 g/mol. The van der Waals surface area contributed by atoms with E-state index in [-0.39, 0.29) is 11.4 Å². The summed E-state index contributed by atoms with van der Waals surface area (Å²) in [4.78, 5) is 15.6. The zero-order valence-electron chi connectivity index (χ0n) is 10.3. The van der Waals surface area contributed by atoms with Gasteiger partial charge in [0.25, 0.3) is 0 Å². The van der Waals surface area contributed by atoms with Crippen molar-refractivity contribution in [2.75, 3.05) is 33.0 Å². The van der Waals surface area contributed by atoms with Crippen LogP contribution in [0.3, 0.4) is 0 Å². The molecule has 98 valence electrons. The largest absolute Gasteiger partial charge is 0.379 e. The number of carbonyl (C=O) groups excluding carboxylic acids is 1. The zero-order chi connectivity index (χ0) is 12.4. The maximum absolute atomic E-state index is 12.4. The van der Waals surface area contributed by atoms with E-state index in [1.165, 1.54) is 0 Å². The number of hydrogen-bond acceptors (Lipinski definition) is 4. The van der Waals surface area contributed by atoms with Crippen LogP contribution in [0.25, 0.3) is 0 Å². The van der Waals surface area contributed by atoms with Crippen LogP contribution in [0, 0.1) is 0 Å². The molecule has 5 heteroatoms. The van der Waals surface area contributed by atoms with Gasteiger partial charge in [0.1, 0.15) is 0 Å². The molecule has 2 saturated heterocycles. The summed E-state index contributed by atoms with van der Waals surface area (Å²) in [6.07, 6.45) is 1.39. The quantitative estimate of drug-likeness (QED) is 0.811. The minimum absolute atomic E-state index is 0.200. The van der Waals surface area contributed by atoms with Crippen molar-refractivity contribution in [3.8, 4) is 0 Å². The van der Waals surface area contributed by atoms with Gasteiger partial charge >= 0.3 is 0 Å². The number of thiophene rings is 1. The Morgan fingerprint density at radius 2 is 2.22 bits per heavy atom.